The maximum absolute atomic E-state index is 11.6. The maximum Gasteiger partial charge on any atom is 0.247 e. The van der Waals surface area contributed by atoms with E-state index in [2.05, 4.69) is 9.62 Å². The highest BCUT2D eigenvalue weighted by Crippen LogP contribution is 2.44. The van der Waals surface area contributed by atoms with Gasteiger partial charge in [-0.3, -0.25) is 0 Å². The molecule has 1 aliphatic rings. The fourth-order valence-electron chi connectivity index (χ4n) is 2.65. The molecule has 1 aliphatic heterocycles. The van der Waals surface area contributed by atoms with Crippen LogP contribution in [0.3, 0.4) is 0 Å². The largest absolute Gasteiger partial charge is 0.508 e. The predicted molar refractivity (Wildman–Crippen MR) is 96.5 cm³/mol. The summed E-state index contributed by atoms with van der Waals surface area (Å²) in [7, 11) is -3.69. The summed E-state index contributed by atoms with van der Waals surface area (Å²) in [6, 6.07) is 8.89. The van der Waals surface area contributed by atoms with E-state index in [0.29, 0.717) is 6.54 Å². The third-order valence-corrected chi connectivity index (χ3v) is 7.45. The fraction of sp³-hybridized carbons (Fsp3) is 0.333. The minimum absolute atomic E-state index is 0.0512. The van der Waals surface area contributed by atoms with Crippen molar-refractivity contribution in [2.75, 3.05) is 13.1 Å². The van der Waals surface area contributed by atoms with Gasteiger partial charge in [-0.1, -0.05) is 19.1 Å². The first-order chi connectivity index (χ1) is 11.4. The number of sulfonamides is 1. The summed E-state index contributed by atoms with van der Waals surface area (Å²) < 4.78 is 26.6. The van der Waals surface area contributed by atoms with Crippen LogP contribution in [-0.2, 0) is 16.6 Å². The lowest BCUT2D eigenvalue weighted by Gasteiger charge is -2.32. The lowest BCUT2D eigenvalue weighted by molar-refractivity contribution is 0.375. The highest BCUT2D eigenvalue weighted by atomic mass is 32.3. The van der Waals surface area contributed by atoms with Gasteiger partial charge in [0.05, 0.1) is 4.21 Å². The molecule has 9 heteroatoms. The van der Waals surface area contributed by atoms with Gasteiger partial charge in [0.1, 0.15) is 9.96 Å². The van der Waals surface area contributed by atoms with Gasteiger partial charge in [-0.2, -0.15) is 0 Å². The second kappa shape index (κ2) is 7.03. The van der Waals surface area contributed by atoms with E-state index < -0.39 is 10.0 Å². The molecule has 0 amide bonds. The summed E-state index contributed by atoms with van der Waals surface area (Å²) in [4.78, 5) is 0. The molecule has 2 heterocycles. The summed E-state index contributed by atoms with van der Waals surface area (Å²) in [5.74, 6) is 0.242. The highest BCUT2D eigenvalue weighted by Gasteiger charge is 2.30. The van der Waals surface area contributed by atoms with Crippen LogP contribution in [0, 0.1) is 0 Å². The van der Waals surface area contributed by atoms with Crippen LogP contribution in [0.4, 0.5) is 0 Å². The number of nitrogens with two attached hydrogens (primary N) is 1. The Morgan fingerprint density at radius 2 is 2.21 bits per heavy atom. The standard InChI is InChI=1S/C15H19N3O3S3/c1-2-17-13-9-18(8-10-4-3-5-11(19)6-10)23-15-12(13)7-14(22-15)24(16,20)21/h3-7,13,17,19H,2,8-9H2,1H3,(H2,16,20,21)/t13-/m0/s1. The number of nitrogens with zero attached hydrogens (tertiary/aromatic N) is 1. The minimum Gasteiger partial charge on any atom is -0.508 e. The van der Waals surface area contributed by atoms with Crippen molar-refractivity contribution in [1.82, 2.24) is 9.62 Å². The molecule has 0 unspecified atom stereocenters. The van der Waals surface area contributed by atoms with Crippen molar-refractivity contribution in [2.24, 2.45) is 5.14 Å². The monoisotopic (exact) mass is 385 g/mol. The number of phenolic OH excluding ortho intramolecular Hbond substituents is 1. The second-order valence-electron chi connectivity index (χ2n) is 5.55. The van der Waals surface area contributed by atoms with E-state index in [1.54, 1.807) is 18.2 Å². The summed E-state index contributed by atoms with van der Waals surface area (Å²) in [6.07, 6.45) is 0. The number of fused-ring (bicyclic) bond motifs is 1. The number of phenols is 1. The molecule has 2 aromatic rings. The van der Waals surface area contributed by atoms with Crippen molar-refractivity contribution in [1.29, 1.82) is 0 Å². The Hall–Kier alpha value is -1.10. The van der Waals surface area contributed by atoms with E-state index in [-0.39, 0.29) is 16.0 Å². The molecule has 130 valence electrons. The topological polar surface area (TPSA) is 95.7 Å². The van der Waals surface area contributed by atoms with Crippen LogP contribution in [0.5, 0.6) is 5.75 Å². The Labute approximate surface area is 149 Å². The summed E-state index contributed by atoms with van der Waals surface area (Å²) >= 11 is 2.74. The van der Waals surface area contributed by atoms with Crippen molar-refractivity contribution in [2.45, 2.75) is 27.9 Å². The molecule has 0 aliphatic carbocycles. The number of thiophene rings is 1. The lowest BCUT2D eigenvalue weighted by atomic mass is 10.1. The summed E-state index contributed by atoms with van der Waals surface area (Å²) in [5, 5.41) is 18.3. The number of benzene rings is 1. The maximum atomic E-state index is 11.6. The average Bonchev–Trinajstić information content (AvgIpc) is 2.92. The Morgan fingerprint density at radius 1 is 1.42 bits per heavy atom. The van der Waals surface area contributed by atoms with Crippen LogP contribution in [0.25, 0.3) is 0 Å². The van der Waals surface area contributed by atoms with Gasteiger partial charge in [-0.05, 0) is 47.8 Å². The predicted octanol–water partition coefficient (Wildman–Crippen LogP) is 2.27. The fourth-order valence-corrected chi connectivity index (χ4v) is 6.22. The van der Waals surface area contributed by atoms with E-state index >= 15 is 0 Å². The molecular weight excluding hydrogens is 366 g/mol. The first-order valence-electron chi connectivity index (χ1n) is 7.47. The lowest BCUT2D eigenvalue weighted by Crippen LogP contribution is -2.34. The zero-order valence-electron chi connectivity index (χ0n) is 13.1. The van der Waals surface area contributed by atoms with Crippen molar-refractivity contribution >= 4 is 33.3 Å². The molecule has 1 aromatic heterocycles. The number of hydrogen-bond donors (Lipinski definition) is 3. The van der Waals surface area contributed by atoms with E-state index in [1.165, 1.54) is 23.3 Å². The zero-order chi connectivity index (χ0) is 17.3. The van der Waals surface area contributed by atoms with Gasteiger partial charge < -0.3 is 10.4 Å². The molecule has 4 N–H and O–H groups in total. The third-order valence-electron chi connectivity index (χ3n) is 3.68. The van der Waals surface area contributed by atoms with Gasteiger partial charge in [0.2, 0.25) is 10.0 Å². The third kappa shape index (κ3) is 3.93. The second-order valence-corrected chi connectivity index (χ2v) is 9.75. The molecule has 1 aromatic carbocycles. The Kier molecular flexibility index (Phi) is 5.19. The van der Waals surface area contributed by atoms with Gasteiger partial charge >= 0.3 is 0 Å². The molecule has 0 fully saturated rings. The Balaban J connectivity index is 1.87. The van der Waals surface area contributed by atoms with Crippen molar-refractivity contribution in [3.05, 3.63) is 41.5 Å². The van der Waals surface area contributed by atoms with Crippen LogP contribution in [-0.4, -0.2) is 30.9 Å². The molecule has 6 nitrogen and oxygen atoms in total. The first-order valence-corrected chi connectivity index (χ1v) is 10.6. The molecule has 0 bridgehead atoms. The summed E-state index contributed by atoms with van der Waals surface area (Å²) in [6.45, 7) is 4.20. The van der Waals surface area contributed by atoms with E-state index in [0.717, 1.165) is 28.4 Å². The Bertz CT molecular complexity index is 835. The van der Waals surface area contributed by atoms with Gasteiger partial charge in [-0.15, -0.1) is 11.3 Å². The first kappa shape index (κ1) is 17.7. The molecule has 24 heavy (non-hydrogen) atoms. The molecule has 0 saturated carbocycles. The number of likely N-dealkylation sites (N-methyl/N-ethyl adjacent to an activating group) is 1. The number of nitrogens with one attached hydrogen (secondary N) is 1. The zero-order valence-corrected chi connectivity index (χ0v) is 15.5. The molecule has 0 saturated heterocycles. The molecule has 0 spiro atoms. The number of primary sulfonamides is 1. The normalized spacial score (nSPS) is 18.5. The van der Waals surface area contributed by atoms with Crippen LogP contribution in [0.15, 0.2) is 38.8 Å². The molecular formula is C15H19N3O3S3. The number of rotatable bonds is 5. The average molecular weight is 386 g/mol. The smallest absolute Gasteiger partial charge is 0.247 e. The summed E-state index contributed by atoms with van der Waals surface area (Å²) in [5.41, 5.74) is 1.99. The number of aromatic hydroxyl groups is 1. The van der Waals surface area contributed by atoms with Crippen molar-refractivity contribution in [3.8, 4) is 5.75 Å². The SMILES string of the molecule is CCN[C@H]1CN(Cc2cccc(O)c2)Sc2sc(S(N)(=O)=O)cc21. The van der Waals surface area contributed by atoms with E-state index in [1.807, 2.05) is 19.1 Å². The minimum atomic E-state index is -3.69. The Morgan fingerprint density at radius 3 is 2.88 bits per heavy atom. The molecule has 3 rings (SSSR count). The van der Waals surface area contributed by atoms with Gasteiger partial charge in [0, 0.05) is 19.1 Å². The molecule has 0 radical (unpaired) electrons. The van der Waals surface area contributed by atoms with Crippen molar-refractivity contribution in [3.63, 3.8) is 0 Å². The van der Waals surface area contributed by atoms with E-state index in [9.17, 15) is 13.5 Å². The van der Waals surface area contributed by atoms with Crippen LogP contribution in [0.2, 0.25) is 0 Å². The van der Waals surface area contributed by atoms with Gasteiger partial charge in [0.25, 0.3) is 0 Å². The van der Waals surface area contributed by atoms with E-state index in [4.69, 9.17) is 5.14 Å². The highest BCUT2D eigenvalue weighted by molar-refractivity contribution is 7.99. The van der Waals surface area contributed by atoms with Gasteiger partial charge in [-0.25, -0.2) is 17.9 Å². The van der Waals surface area contributed by atoms with Crippen LogP contribution >= 0.6 is 23.3 Å². The molecule has 1 atom stereocenters. The number of hydrogen-bond acceptors (Lipinski definition) is 7. The van der Waals surface area contributed by atoms with Crippen molar-refractivity contribution < 1.29 is 13.5 Å². The van der Waals surface area contributed by atoms with Gasteiger partial charge in [0.15, 0.2) is 0 Å². The van der Waals surface area contributed by atoms with Crippen LogP contribution in [0.1, 0.15) is 24.1 Å². The van der Waals surface area contributed by atoms with Crippen LogP contribution < -0.4 is 10.5 Å². The quantitative estimate of drug-likeness (QED) is 0.684.